The Bertz CT molecular complexity index is 675. The molecule has 0 aliphatic rings. The summed E-state index contributed by atoms with van der Waals surface area (Å²) in [6.45, 7) is 3.63. The van der Waals surface area contributed by atoms with Crippen molar-refractivity contribution in [1.29, 1.82) is 0 Å². The van der Waals surface area contributed by atoms with Crippen molar-refractivity contribution in [1.82, 2.24) is 10.6 Å². The van der Waals surface area contributed by atoms with Gasteiger partial charge in [0.1, 0.15) is 24.7 Å². The molecule has 5 nitrogen and oxygen atoms in total. The van der Waals surface area contributed by atoms with Gasteiger partial charge in [0.25, 0.3) is 5.91 Å². The minimum atomic E-state index is -0.243. The summed E-state index contributed by atoms with van der Waals surface area (Å²) in [6.07, 6.45) is 0.941. The number of thiocarbonyl (C=S) groups is 1. The minimum absolute atomic E-state index is 0.243. The number of carbonyl (C=O) groups is 1. The molecule has 0 heterocycles. The van der Waals surface area contributed by atoms with Crippen LogP contribution in [0.4, 0.5) is 0 Å². The van der Waals surface area contributed by atoms with E-state index in [1.807, 2.05) is 37.3 Å². The van der Waals surface area contributed by atoms with Crippen LogP contribution in [0.3, 0.4) is 0 Å². The highest BCUT2D eigenvalue weighted by molar-refractivity contribution is 7.80. The van der Waals surface area contributed by atoms with Crippen molar-refractivity contribution in [2.45, 2.75) is 13.3 Å². The molecule has 6 heteroatoms. The van der Waals surface area contributed by atoms with Crippen LogP contribution >= 0.6 is 12.2 Å². The Balaban J connectivity index is 1.73. The summed E-state index contributed by atoms with van der Waals surface area (Å²) < 4.78 is 11.2. The molecule has 2 aromatic rings. The van der Waals surface area contributed by atoms with Crippen LogP contribution in [0.15, 0.2) is 54.6 Å². The van der Waals surface area contributed by atoms with Gasteiger partial charge >= 0.3 is 0 Å². The van der Waals surface area contributed by atoms with Crippen LogP contribution < -0.4 is 20.1 Å². The first-order chi connectivity index (χ1) is 12.2. The Labute approximate surface area is 153 Å². The highest BCUT2D eigenvalue weighted by Crippen LogP contribution is 2.13. The zero-order valence-electron chi connectivity index (χ0n) is 14.2. The molecule has 0 unspecified atom stereocenters. The molecule has 0 saturated carbocycles. The molecule has 0 aliphatic carbocycles. The molecular formula is C19H22N2O3S. The Kier molecular flexibility index (Phi) is 7.72. The number of ether oxygens (including phenoxy) is 2. The highest BCUT2D eigenvalue weighted by Gasteiger charge is 2.07. The van der Waals surface area contributed by atoms with E-state index >= 15 is 0 Å². The molecule has 1 amide bonds. The van der Waals surface area contributed by atoms with Gasteiger partial charge in [-0.3, -0.25) is 10.1 Å². The summed E-state index contributed by atoms with van der Waals surface area (Å²) >= 11 is 5.05. The van der Waals surface area contributed by atoms with Gasteiger partial charge in [-0.25, -0.2) is 0 Å². The molecular weight excluding hydrogens is 336 g/mol. The lowest BCUT2D eigenvalue weighted by Gasteiger charge is -2.10. The molecule has 2 rings (SSSR count). The maximum atomic E-state index is 12.0. The summed E-state index contributed by atoms with van der Waals surface area (Å²) in [5.41, 5.74) is 0.522. The van der Waals surface area contributed by atoms with Crippen LogP contribution in [0.2, 0.25) is 0 Å². The van der Waals surface area contributed by atoms with E-state index in [1.165, 1.54) is 0 Å². The van der Waals surface area contributed by atoms with Crippen LogP contribution in [0.25, 0.3) is 0 Å². The van der Waals surface area contributed by atoms with Crippen molar-refractivity contribution in [2.24, 2.45) is 0 Å². The van der Waals surface area contributed by atoms with Crippen LogP contribution in [-0.4, -0.2) is 30.8 Å². The van der Waals surface area contributed by atoms with Crippen molar-refractivity contribution in [3.63, 3.8) is 0 Å². The molecule has 0 fully saturated rings. The molecule has 0 bridgehead atoms. The van der Waals surface area contributed by atoms with Crippen molar-refractivity contribution in [2.75, 3.05) is 19.8 Å². The Morgan fingerprint density at radius 2 is 1.56 bits per heavy atom. The predicted molar refractivity (Wildman–Crippen MR) is 102 cm³/mol. The Hall–Kier alpha value is -2.60. The summed E-state index contributed by atoms with van der Waals surface area (Å²) in [4.78, 5) is 12.0. The zero-order chi connectivity index (χ0) is 17.9. The number of hydrogen-bond acceptors (Lipinski definition) is 4. The Morgan fingerprint density at radius 3 is 2.16 bits per heavy atom. The molecule has 2 N–H and O–H groups in total. The molecule has 25 heavy (non-hydrogen) atoms. The second kappa shape index (κ2) is 10.3. The van der Waals surface area contributed by atoms with Crippen molar-refractivity contribution in [3.8, 4) is 11.5 Å². The first kappa shape index (κ1) is 18.7. The van der Waals surface area contributed by atoms with E-state index in [0.29, 0.717) is 29.6 Å². The number of carbonyl (C=O) groups excluding carboxylic acids is 1. The molecule has 0 aromatic heterocycles. The van der Waals surface area contributed by atoms with E-state index in [-0.39, 0.29) is 5.91 Å². The fraction of sp³-hybridized carbons (Fsp3) is 0.263. The Morgan fingerprint density at radius 1 is 0.960 bits per heavy atom. The van der Waals surface area contributed by atoms with Crippen LogP contribution in [0.5, 0.6) is 11.5 Å². The zero-order valence-corrected chi connectivity index (χ0v) is 15.0. The first-order valence-electron chi connectivity index (χ1n) is 8.19. The molecule has 0 radical (unpaired) electrons. The standard InChI is InChI=1S/C19H22N2O3S/c1-2-12-20-19(25)21-18(22)15-8-10-17(11-9-15)24-14-13-23-16-6-4-3-5-7-16/h3-11H,2,12-14H2,1H3,(H2,20,21,22,25). The molecule has 132 valence electrons. The number of benzene rings is 2. The second-order valence-corrected chi connectivity index (χ2v) is 5.65. The molecule has 0 saturated heterocycles. The van der Waals surface area contributed by atoms with E-state index < -0.39 is 0 Å². The van der Waals surface area contributed by atoms with Crippen LogP contribution in [0.1, 0.15) is 23.7 Å². The largest absolute Gasteiger partial charge is 0.490 e. The third-order valence-corrected chi connectivity index (χ3v) is 3.49. The summed E-state index contributed by atoms with van der Waals surface area (Å²) in [5, 5.41) is 5.93. The maximum Gasteiger partial charge on any atom is 0.257 e. The van der Waals surface area contributed by atoms with Crippen molar-refractivity contribution >= 4 is 23.2 Å². The van der Waals surface area contributed by atoms with Gasteiger partial charge in [0.15, 0.2) is 5.11 Å². The van der Waals surface area contributed by atoms with Gasteiger partial charge in [-0.05, 0) is 55.0 Å². The average molecular weight is 358 g/mol. The lowest BCUT2D eigenvalue weighted by Crippen LogP contribution is -2.39. The summed E-state index contributed by atoms with van der Waals surface area (Å²) in [6, 6.07) is 16.5. The lowest BCUT2D eigenvalue weighted by atomic mass is 10.2. The molecule has 0 spiro atoms. The maximum absolute atomic E-state index is 12.0. The quantitative estimate of drug-likeness (QED) is 0.561. The van der Waals surface area contributed by atoms with Gasteiger partial charge in [0.2, 0.25) is 0 Å². The van der Waals surface area contributed by atoms with Crippen molar-refractivity contribution < 1.29 is 14.3 Å². The topological polar surface area (TPSA) is 59.6 Å². The van der Waals surface area contributed by atoms with Gasteiger partial charge in [0.05, 0.1) is 0 Å². The highest BCUT2D eigenvalue weighted by atomic mass is 32.1. The first-order valence-corrected chi connectivity index (χ1v) is 8.59. The van der Waals surface area contributed by atoms with E-state index in [4.69, 9.17) is 21.7 Å². The normalized spacial score (nSPS) is 9.96. The van der Waals surface area contributed by atoms with Gasteiger partial charge in [-0.15, -0.1) is 0 Å². The minimum Gasteiger partial charge on any atom is -0.490 e. The summed E-state index contributed by atoms with van der Waals surface area (Å²) in [7, 11) is 0. The van der Waals surface area contributed by atoms with Crippen molar-refractivity contribution in [3.05, 3.63) is 60.2 Å². The molecule has 2 aromatic carbocycles. The third-order valence-electron chi connectivity index (χ3n) is 3.24. The number of amides is 1. The smallest absolute Gasteiger partial charge is 0.257 e. The van der Waals surface area contributed by atoms with E-state index in [1.54, 1.807) is 24.3 Å². The van der Waals surface area contributed by atoms with E-state index in [9.17, 15) is 4.79 Å². The van der Waals surface area contributed by atoms with Crippen LogP contribution in [0, 0.1) is 0 Å². The predicted octanol–water partition coefficient (Wildman–Crippen LogP) is 3.16. The SMILES string of the molecule is CCCNC(=S)NC(=O)c1ccc(OCCOc2ccccc2)cc1. The molecule has 0 aliphatic heterocycles. The van der Waals surface area contributed by atoms with Gasteiger partial charge in [0, 0.05) is 12.1 Å². The third kappa shape index (κ3) is 6.81. The fourth-order valence-electron chi connectivity index (χ4n) is 2.00. The number of nitrogens with one attached hydrogen (secondary N) is 2. The van der Waals surface area contributed by atoms with E-state index in [0.717, 1.165) is 18.7 Å². The van der Waals surface area contributed by atoms with Gasteiger partial charge < -0.3 is 14.8 Å². The number of hydrogen-bond donors (Lipinski definition) is 2. The second-order valence-electron chi connectivity index (χ2n) is 5.24. The number of rotatable bonds is 8. The monoisotopic (exact) mass is 358 g/mol. The lowest BCUT2D eigenvalue weighted by molar-refractivity contribution is 0.0976. The van der Waals surface area contributed by atoms with E-state index in [2.05, 4.69) is 10.6 Å². The average Bonchev–Trinajstić information content (AvgIpc) is 2.65. The van der Waals surface area contributed by atoms with Crippen LogP contribution in [-0.2, 0) is 0 Å². The van der Waals surface area contributed by atoms with Gasteiger partial charge in [-0.1, -0.05) is 25.1 Å². The number of para-hydroxylation sites is 1. The molecule has 0 atom stereocenters. The summed E-state index contributed by atoms with van der Waals surface area (Å²) in [5.74, 6) is 1.25. The van der Waals surface area contributed by atoms with Gasteiger partial charge in [-0.2, -0.15) is 0 Å². The fourth-order valence-corrected chi connectivity index (χ4v) is 2.19.